The third-order valence-corrected chi connectivity index (χ3v) is 7.52. The molecule has 0 bridgehead atoms. The summed E-state index contributed by atoms with van der Waals surface area (Å²) >= 11 is 2.15. The van der Waals surface area contributed by atoms with E-state index in [2.05, 4.69) is 49.4 Å². The predicted molar refractivity (Wildman–Crippen MR) is 174 cm³/mol. The van der Waals surface area contributed by atoms with Gasteiger partial charge < -0.3 is 16.0 Å². The minimum Gasteiger partial charge on any atom is -0.397 e. The Balaban J connectivity index is 1.46. The molecule has 0 spiro atoms. The number of fused-ring (bicyclic) bond motifs is 1. The zero-order valence-corrected chi connectivity index (χ0v) is 25.0. The van der Waals surface area contributed by atoms with Crippen molar-refractivity contribution in [2.75, 3.05) is 5.73 Å². The average molecular weight is 658 g/mol. The van der Waals surface area contributed by atoms with E-state index in [4.69, 9.17) is 16.1 Å². The van der Waals surface area contributed by atoms with E-state index in [1.165, 1.54) is 6.42 Å². The van der Waals surface area contributed by atoms with Crippen molar-refractivity contribution in [2.45, 2.75) is 39.0 Å². The number of hydrogen-bond donors (Lipinski definition) is 4. The van der Waals surface area contributed by atoms with Crippen LogP contribution in [0.25, 0.3) is 27.7 Å². The Bertz CT molecular complexity index is 1680. The van der Waals surface area contributed by atoms with Gasteiger partial charge in [0.2, 0.25) is 5.91 Å². The quantitative estimate of drug-likeness (QED) is 0.0925. The second kappa shape index (κ2) is 12.6. The summed E-state index contributed by atoms with van der Waals surface area (Å²) < 4.78 is 0.808. The number of pyridine rings is 3. The summed E-state index contributed by atoms with van der Waals surface area (Å²) in [4.78, 5) is 29.6. The Morgan fingerprint density at radius 3 is 2.61 bits per heavy atom. The minimum absolute atomic E-state index is 0.0615. The number of rotatable bonds is 8. The van der Waals surface area contributed by atoms with Crippen molar-refractivity contribution in [3.63, 3.8) is 0 Å². The highest BCUT2D eigenvalue weighted by molar-refractivity contribution is 14.1. The number of nitrogens with one attached hydrogen (secondary N) is 3. The molecule has 4 aromatic heterocycles. The number of nitrogen functional groups attached to an aromatic ring is 1. The molecular formula is C32H32IN7O. The first kappa shape index (κ1) is 28.4. The van der Waals surface area contributed by atoms with Gasteiger partial charge in [0, 0.05) is 55.8 Å². The third-order valence-electron chi connectivity index (χ3n) is 7.21. The van der Waals surface area contributed by atoms with Gasteiger partial charge in [-0.05, 0) is 90.9 Å². The van der Waals surface area contributed by atoms with Crippen LogP contribution in [0, 0.1) is 11.3 Å². The number of amides is 1. The van der Waals surface area contributed by atoms with E-state index in [0.29, 0.717) is 22.8 Å². The molecule has 0 atom stereocenters. The Morgan fingerprint density at radius 1 is 1.12 bits per heavy atom. The van der Waals surface area contributed by atoms with Gasteiger partial charge in [-0.3, -0.25) is 20.2 Å². The number of nitrogens with two attached hydrogens (primary N) is 1. The lowest BCUT2D eigenvalue weighted by Gasteiger charge is -2.21. The van der Waals surface area contributed by atoms with E-state index in [1.54, 1.807) is 24.7 Å². The van der Waals surface area contributed by atoms with Crippen LogP contribution < -0.4 is 11.1 Å². The summed E-state index contributed by atoms with van der Waals surface area (Å²) in [7, 11) is 0. The first-order valence-electron chi connectivity index (χ1n) is 13.6. The molecule has 0 saturated heterocycles. The first-order chi connectivity index (χ1) is 19.8. The molecule has 1 aliphatic rings. The van der Waals surface area contributed by atoms with Crippen molar-refractivity contribution in [3.05, 3.63) is 100 Å². The Kier molecular flexibility index (Phi) is 8.72. The van der Waals surface area contributed by atoms with E-state index in [1.807, 2.05) is 49.4 Å². The van der Waals surface area contributed by atoms with E-state index < -0.39 is 0 Å². The van der Waals surface area contributed by atoms with Gasteiger partial charge in [-0.25, -0.2) is 4.98 Å². The van der Waals surface area contributed by atoms with Crippen LogP contribution in [-0.4, -0.2) is 31.6 Å². The van der Waals surface area contributed by atoms with Gasteiger partial charge in [0.25, 0.3) is 0 Å². The number of carbonyl (C=O) groups excluding carboxylic acids is 1. The van der Waals surface area contributed by atoms with Crippen molar-refractivity contribution in [1.29, 1.82) is 5.41 Å². The van der Waals surface area contributed by atoms with Crippen molar-refractivity contribution < 1.29 is 4.79 Å². The molecule has 1 fully saturated rings. The molecule has 0 radical (unpaired) electrons. The second-order valence-electron chi connectivity index (χ2n) is 10.2. The van der Waals surface area contributed by atoms with Crippen molar-refractivity contribution in [1.82, 2.24) is 25.3 Å². The SMILES string of the molecule is C=C(I)/C=C(\C=C(/C)NC(=O)C1CCCCC1)c1ccc(N)c(C(=N)c2cc3c(-c4ccncc4)nccc3[nH]2)n1. The summed E-state index contributed by atoms with van der Waals surface area (Å²) in [5.74, 6) is 0.129. The lowest BCUT2D eigenvalue weighted by atomic mass is 9.88. The van der Waals surface area contributed by atoms with E-state index in [-0.39, 0.29) is 17.5 Å². The number of nitrogens with zero attached hydrogens (tertiary/aromatic N) is 3. The maximum Gasteiger partial charge on any atom is 0.227 e. The fourth-order valence-corrected chi connectivity index (χ4v) is 5.51. The highest BCUT2D eigenvalue weighted by Gasteiger charge is 2.21. The molecule has 5 N–H and O–H groups in total. The molecule has 4 aromatic rings. The molecule has 5 rings (SSSR count). The van der Waals surface area contributed by atoms with Gasteiger partial charge in [-0.15, -0.1) is 0 Å². The van der Waals surface area contributed by atoms with Crippen LogP contribution in [0.15, 0.2) is 83.0 Å². The van der Waals surface area contributed by atoms with E-state index >= 15 is 0 Å². The summed E-state index contributed by atoms with van der Waals surface area (Å²) in [6.07, 6.45) is 14.3. The number of aromatic amines is 1. The molecule has 1 saturated carbocycles. The smallest absolute Gasteiger partial charge is 0.227 e. The number of halogens is 1. The zero-order chi connectivity index (χ0) is 28.9. The molecule has 4 heterocycles. The standard InChI is InChI=1S/C32H32IN7O/c1-19(33)16-23(17-20(2)38-32(41)22-6-4-3-5-7-22)26-9-8-25(34)31(40-26)29(35)28-18-24-27(39-28)12-15-37-30(24)21-10-13-36-14-11-21/h8-18,22,35,39H,1,3-7,34H2,2H3,(H,38,41)/b20-17+,23-16+,35-29?. The van der Waals surface area contributed by atoms with E-state index in [0.717, 1.165) is 62.7 Å². The number of hydrogen-bond acceptors (Lipinski definition) is 6. The van der Waals surface area contributed by atoms with Gasteiger partial charge in [-0.1, -0.05) is 25.8 Å². The number of carbonyl (C=O) groups is 1. The number of anilines is 1. The van der Waals surface area contributed by atoms with Crippen LogP contribution in [0.3, 0.4) is 0 Å². The normalized spacial score (nSPS) is 14.7. The zero-order valence-electron chi connectivity index (χ0n) is 22.9. The van der Waals surface area contributed by atoms with Gasteiger partial charge in [0.15, 0.2) is 0 Å². The van der Waals surface area contributed by atoms with Crippen LogP contribution >= 0.6 is 22.6 Å². The van der Waals surface area contributed by atoms with Crippen LogP contribution in [0.5, 0.6) is 0 Å². The van der Waals surface area contributed by atoms with Gasteiger partial charge >= 0.3 is 0 Å². The van der Waals surface area contributed by atoms with E-state index in [9.17, 15) is 4.79 Å². The molecule has 0 unspecified atom stereocenters. The second-order valence-corrected chi connectivity index (χ2v) is 11.6. The largest absolute Gasteiger partial charge is 0.397 e. The number of aromatic nitrogens is 4. The summed E-state index contributed by atoms with van der Waals surface area (Å²) in [6.45, 7) is 5.91. The summed E-state index contributed by atoms with van der Waals surface area (Å²) in [5, 5.41) is 13.0. The van der Waals surface area contributed by atoms with Gasteiger partial charge in [0.05, 0.1) is 22.8 Å². The third kappa shape index (κ3) is 6.62. The molecule has 8 nitrogen and oxygen atoms in total. The van der Waals surface area contributed by atoms with Crippen LogP contribution in [-0.2, 0) is 4.79 Å². The fraction of sp³-hybridized carbons (Fsp3) is 0.219. The molecule has 0 aliphatic heterocycles. The molecule has 208 valence electrons. The highest BCUT2D eigenvalue weighted by atomic mass is 127. The molecule has 1 amide bonds. The Morgan fingerprint density at radius 2 is 1.88 bits per heavy atom. The molecular weight excluding hydrogens is 625 g/mol. The minimum atomic E-state index is 0.0615. The maximum atomic E-state index is 12.8. The molecule has 41 heavy (non-hydrogen) atoms. The van der Waals surface area contributed by atoms with Crippen LogP contribution in [0.4, 0.5) is 5.69 Å². The first-order valence-corrected chi connectivity index (χ1v) is 14.7. The number of allylic oxidation sites excluding steroid dienone is 5. The Labute approximate surface area is 252 Å². The van der Waals surface area contributed by atoms with Crippen LogP contribution in [0.2, 0.25) is 0 Å². The Hall–Kier alpha value is -4.12. The average Bonchev–Trinajstić information content (AvgIpc) is 3.42. The van der Waals surface area contributed by atoms with Crippen molar-refractivity contribution in [3.8, 4) is 11.3 Å². The monoisotopic (exact) mass is 657 g/mol. The molecule has 0 aromatic carbocycles. The van der Waals surface area contributed by atoms with Gasteiger partial charge in [-0.2, -0.15) is 0 Å². The fourth-order valence-electron chi connectivity index (χ4n) is 5.18. The van der Waals surface area contributed by atoms with Crippen molar-refractivity contribution >= 4 is 56.4 Å². The van der Waals surface area contributed by atoms with Gasteiger partial charge in [0.1, 0.15) is 11.4 Å². The topological polar surface area (TPSA) is 133 Å². The number of H-pyrrole nitrogens is 1. The molecule has 1 aliphatic carbocycles. The van der Waals surface area contributed by atoms with Crippen molar-refractivity contribution in [2.24, 2.45) is 5.92 Å². The highest BCUT2D eigenvalue weighted by Crippen LogP contribution is 2.29. The lowest BCUT2D eigenvalue weighted by Crippen LogP contribution is -2.30. The maximum absolute atomic E-state index is 12.8. The predicted octanol–water partition coefficient (Wildman–Crippen LogP) is 6.95. The molecule has 9 heteroatoms. The van der Waals surface area contributed by atoms with Crippen LogP contribution in [0.1, 0.15) is 56.1 Å². The summed E-state index contributed by atoms with van der Waals surface area (Å²) in [5.41, 5.74) is 12.6. The summed E-state index contributed by atoms with van der Waals surface area (Å²) in [6, 6.07) is 11.2. The lowest BCUT2D eigenvalue weighted by molar-refractivity contribution is -0.125.